The lowest BCUT2D eigenvalue weighted by Crippen LogP contribution is -2.37. The summed E-state index contributed by atoms with van der Waals surface area (Å²) in [5, 5.41) is 5.73. The van der Waals surface area contributed by atoms with E-state index in [9.17, 15) is 9.59 Å². The highest BCUT2D eigenvalue weighted by Crippen LogP contribution is 2.26. The third-order valence-electron chi connectivity index (χ3n) is 6.42. The van der Waals surface area contributed by atoms with E-state index in [1.54, 1.807) is 6.92 Å². The Kier molecular flexibility index (Phi) is 6.83. The van der Waals surface area contributed by atoms with Crippen LogP contribution in [-0.2, 0) is 4.79 Å². The topological polar surface area (TPSA) is 73.9 Å². The summed E-state index contributed by atoms with van der Waals surface area (Å²) < 4.78 is 5.96. The molecule has 32 heavy (non-hydrogen) atoms. The number of hydrogen-bond donors (Lipinski definition) is 2. The van der Waals surface area contributed by atoms with Crippen LogP contribution in [-0.4, -0.2) is 49.1 Å². The smallest absolute Gasteiger partial charge is 0.323 e. The Balaban J connectivity index is 1.26. The van der Waals surface area contributed by atoms with Gasteiger partial charge in [-0.15, -0.1) is 0 Å². The summed E-state index contributed by atoms with van der Waals surface area (Å²) in [6.45, 7) is 3.34. The summed E-state index contributed by atoms with van der Waals surface area (Å²) in [4.78, 5) is 28.0. The number of nitrogens with one attached hydrogen (secondary N) is 2. The molecule has 0 spiro atoms. The van der Waals surface area contributed by atoms with Crippen molar-refractivity contribution in [2.75, 3.05) is 35.7 Å². The number of carbonyl (C=O) groups is 2. The molecule has 0 unspecified atom stereocenters. The largest absolute Gasteiger partial charge is 0.490 e. The maximum Gasteiger partial charge on any atom is 0.323 e. The highest BCUT2D eigenvalue weighted by atomic mass is 16.5. The molecule has 1 saturated carbocycles. The van der Waals surface area contributed by atoms with E-state index in [1.807, 2.05) is 60.5 Å². The van der Waals surface area contributed by atoms with E-state index in [2.05, 4.69) is 15.5 Å². The van der Waals surface area contributed by atoms with Crippen molar-refractivity contribution >= 4 is 29.0 Å². The maximum absolute atomic E-state index is 12.4. The summed E-state index contributed by atoms with van der Waals surface area (Å²) in [5.41, 5.74) is 2.54. The molecule has 1 atom stereocenters. The van der Waals surface area contributed by atoms with Gasteiger partial charge in [0.05, 0.1) is 12.1 Å². The number of nitrogens with zero attached hydrogens (tertiary/aromatic N) is 2. The molecule has 170 valence electrons. The first-order valence-corrected chi connectivity index (χ1v) is 11.4. The number of anilines is 3. The predicted octanol–water partition coefficient (Wildman–Crippen LogP) is 4.71. The van der Waals surface area contributed by atoms with Gasteiger partial charge in [-0.2, -0.15) is 0 Å². The molecule has 0 aromatic heterocycles. The first-order valence-electron chi connectivity index (χ1n) is 11.4. The third kappa shape index (κ3) is 5.52. The molecular formula is C25H32N4O3. The molecule has 2 aliphatic rings. The molecule has 7 heteroatoms. The van der Waals surface area contributed by atoms with Gasteiger partial charge in [0.15, 0.2) is 0 Å². The number of likely N-dealkylation sites (N-methyl/N-ethyl adjacent to an activating group) is 1. The fourth-order valence-corrected chi connectivity index (χ4v) is 4.41. The van der Waals surface area contributed by atoms with Crippen LogP contribution in [0.4, 0.5) is 21.9 Å². The first kappa shape index (κ1) is 22.0. The maximum atomic E-state index is 12.4. The van der Waals surface area contributed by atoms with Crippen LogP contribution in [0.2, 0.25) is 0 Å². The van der Waals surface area contributed by atoms with Crippen LogP contribution < -0.4 is 20.3 Å². The minimum atomic E-state index is -0.286. The van der Waals surface area contributed by atoms with E-state index in [0.29, 0.717) is 6.10 Å². The summed E-state index contributed by atoms with van der Waals surface area (Å²) in [6.07, 6.45) is 6.00. The van der Waals surface area contributed by atoms with Crippen molar-refractivity contribution in [2.45, 2.75) is 51.2 Å². The molecule has 1 heterocycles. The average Bonchev–Trinajstić information content (AvgIpc) is 3.47. The zero-order chi connectivity index (χ0) is 22.5. The zero-order valence-electron chi connectivity index (χ0n) is 18.8. The molecule has 0 radical (unpaired) electrons. The van der Waals surface area contributed by atoms with Crippen molar-refractivity contribution < 1.29 is 14.3 Å². The Labute approximate surface area is 189 Å². The number of rotatable bonds is 6. The van der Waals surface area contributed by atoms with Crippen LogP contribution in [0.15, 0.2) is 48.5 Å². The standard InChI is InChI=1S/C25H32N4O3/c1-18(30)28(2)22-15-16-29(17-22)21-11-7-19(8-12-21)26-25(31)27-20-9-13-24(14-10-20)32-23-5-3-4-6-23/h7-14,22-23H,3-6,15-17H2,1-2H3,(H2,26,27,31)/t22-/m1/s1. The van der Waals surface area contributed by atoms with Crippen molar-refractivity contribution in [2.24, 2.45) is 0 Å². The number of amides is 3. The molecule has 1 saturated heterocycles. The first-order chi connectivity index (χ1) is 15.5. The number of ether oxygens (including phenoxy) is 1. The van der Waals surface area contributed by atoms with E-state index in [-0.39, 0.29) is 18.0 Å². The minimum Gasteiger partial charge on any atom is -0.490 e. The predicted molar refractivity (Wildman–Crippen MR) is 127 cm³/mol. The summed E-state index contributed by atoms with van der Waals surface area (Å²) in [6, 6.07) is 15.3. The number of carbonyl (C=O) groups excluding carboxylic acids is 2. The van der Waals surface area contributed by atoms with Gasteiger partial charge in [0.1, 0.15) is 5.75 Å². The lowest BCUT2D eigenvalue weighted by Gasteiger charge is -2.24. The van der Waals surface area contributed by atoms with Gasteiger partial charge >= 0.3 is 6.03 Å². The van der Waals surface area contributed by atoms with Gasteiger partial charge in [-0.05, 0) is 80.6 Å². The molecule has 3 amide bonds. The molecule has 4 rings (SSSR count). The third-order valence-corrected chi connectivity index (χ3v) is 6.42. The van der Waals surface area contributed by atoms with E-state index in [0.717, 1.165) is 55.2 Å². The van der Waals surface area contributed by atoms with E-state index < -0.39 is 0 Å². The second kappa shape index (κ2) is 9.94. The molecule has 2 N–H and O–H groups in total. The highest BCUT2D eigenvalue weighted by Gasteiger charge is 2.27. The zero-order valence-corrected chi connectivity index (χ0v) is 18.8. The monoisotopic (exact) mass is 436 g/mol. The lowest BCUT2D eigenvalue weighted by molar-refractivity contribution is -0.129. The fourth-order valence-electron chi connectivity index (χ4n) is 4.41. The number of benzene rings is 2. The average molecular weight is 437 g/mol. The Morgan fingerprint density at radius 2 is 1.53 bits per heavy atom. The Morgan fingerprint density at radius 1 is 0.938 bits per heavy atom. The Bertz CT molecular complexity index is 923. The van der Waals surface area contributed by atoms with Crippen molar-refractivity contribution in [1.29, 1.82) is 0 Å². The van der Waals surface area contributed by atoms with Crippen molar-refractivity contribution in [1.82, 2.24) is 4.90 Å². The van der Waals surface area contributed by atoms with Crippen LogP contribution in [0.25, 0.3) is 0 Å². The van der Waals surface area contributed by atoms with Gasteiger partial charge < -0.3 is 25.2 Å². The Hall–Kier alpha value is -3.22. The van der Waals surface area contributed by atoms with Crippen LogP contribution in [0.5, 0.6) is 5.75 Å². The summed E-state index contributed by atoms with van der Waals surface area (Å²) in [7, 11) is 1.86. The highest BCUT2D eigenvalue weighted by molar-refractivity contribution is 5.99. The van der Waals surface area contributed by atoms with Gasteiger partial charge in [-0.25, -0.2) is 4.79 Å². The van der Waals surface area contributed by atoms with Gasteiger partial charge in [0.2, 0.25) is 5.91 Å². The Morgan fingerprint density at radius 3 is 2.12 bits per heavy atom. The minimum absolute atomic E-state index is 0.0957. The molecule has 2 fully saturated rings. The van der Waals surface area contributed by atoms with Crippen LogP contribution >= 0.6 is 0 Å². The van der Waals surface area contributed by atoms with Gasteiger partial charge in [-0.1, -0.05) is 0 Å². The van der Waals surface area contributed by atoms with Gasteiger partial charge in [-0.3, -0.25) is 4.79 Å². The molecule has 7 nitrogen and oxygen atoms in total. The van der Waals surface area contributed by atoms with Crippen LogP contribution in [0.1, 0.15) is 39.0 Å². The number of hydrogen-bond acceptors (Lipinski definition) is 4. The summed E-state index contributed by atoms with van der Waals surface area (Å²) >= 11 is 0. The van der Waals surface area contributed by atoms with Crippen molar-refractivity contribution in [3.8, 4) is 5.75 Å². The van der Waals surface area contributed by atoms with Gasteiger partial charge in [0, 0.05) is 44.1 Å². The SMILES string of the molecule is CC(=O)N(C)[C@@H]1CCN(c2ccc(NC(=O)Nc3ccc(OC4CCCC4)cc3)cc2)C1. The second-order valence-electron chi connectivity index (χ2n) is 8.69. The van der Waals surface area contributed by atoms with E-state index >= 15 is 0 Å². The molecule has 0 bridgehead atoms. The van der Waals surface area contributed by atoms with E-state index in [4.69, 9.17) is 4.74 Å². The van der Waals surface area contributed by atoms with Gasteiger partial charge in [0.25, 0.3) is 0 Å². The normalized spacial score (nSPS) is 18.4. The van der Waals surface area contributed by atoms with E-state index in [1.165, 1.54) is 12.8 Å². The summed E-state index contributed by atoms with van der Waals surface area (Å²) in [5.74, 6) is 0.940. The second-order valence-corrected chi connectivity index (χ2v) is 8.69. The van der Waals surface area contributed by atoms with Crippen LogP contribution in [0, 0.1) is 0 Å². The lowest BCUT2D eigenvalue weighted by atomic mass is 10.2. The molecule has 1 aliphatic carbocycles. The number of urea groups is 1. The van der Waals surface area contributed by atoms with Crippen LogP contribution in [0.3, 0.4) is 0 Å². The fraction of sp³-hybridized carbons (Fsp3) is 0.440. The van der Waals surface area contributed by atoms with Crippen molar-refractivity contribution in [3.05, 3.63) is 48.5 Å². The molecule has 2 aromatic carbocycles. The quantitative estimate of drug-likeness (QED) is 0.688. The molecule has 1 aliphatic heterocycles. The van der Waals surface area contributed by atoms with Crippen molar-refractivity contribution in [3.63, 3.8) is 0 Å². The molecule has 2 aromatic rings. The molecular weight excluding hydrogens is 404 g/mol.